The smallest absolute Gasteiger partial charge is 0.237 e. The summed E-state index contributed by atoms with van der Waals surface area (Å²) >= 11 is 0. The molecule has 0 bridgehead atoms. The summed E-state index contributed by atoms with van der Waals surface area (Å²) in [5.41, 5.74) is 0. The predicted molar refractivity (Wildman–Crippen MR) is 94.4 cm³/mol. The number of hydrogen-bond acceptors (Lipinski definition) is 6. The highest BCUT2D eigenvalue weighted by Crippen LogP contribution is 2.28. The van der Waals surface area contributed by atoms with Crippen molar-refractivity contribution in [3.8, 4) is 0 Å². The molecule has 1 aliphatic carbocycles. The fourth-order valence-corrected chi connectivity index (χ4v) is 4.25. The lowest BCUT2D eigenvalue weighted by molar-refractivity contribution is -0.150. The van der Waals surface area contributed by atoms with Gasteiger partial charge in [0.25, 0.3) is 0 Å². The van der Waals surface area contributed by atoms with E-state index in [2.05, 4.69) is 24.7 Å². The number of amides is 1. The Labute approximate surface area is 149 Å². The Morgan fingerprint density at radius 1 is 1.08 bits per heavy atom. The fraction of sp³-hybridized carbons (Fsp3) is 0.722. The van der Waals surface area contributed by atoms with E-state index in [1.54, 1.807) is 12.4 Å². The summed E-state index contributed by atoms with van der Waals surface area (Å²) in [5.74, 6) is 1.05. The van der Waals surface area contributed by atoms with E-state index in [1.165, 1.54) is 12.8 Å². The van der Waals surface area contributed by atoms with Gasteiger partial charge in [0.05, 0.1) is 25.3 Å². The topological polar surface area (TPSA) is 61.8 Å². The average Bonchev–Trinajstić information content (AvgIpc) is 2.69. The van der Waals surface area contributed by atoms with Crippen LogP contribution in [-0.4, -0.2) is 83.7 Å². The summed E-state index contributed by atoms with van der Waals surface area (Å²) in [5, 5.41) is 0. The van der Waals surface area contributed by atoms with E-state index >= 15 is 0 Å². The zero-order valence-electron chi connectivity index (χ0n) is 14.7. The number of carbonyl (C=O) groups is 1. The molecule has 3 aliphatic rings. The van der Waals surface area contributed by atoms with Crippen molar-refractivity contribution in [2.24, 2.45) is 0 Å². The molecule has 2 atom stereocenters. The molecule has 7 nitrogen and oxygen atoms in total. The van der Waals surface area contributed by atoms with Crippen molar-refractivity contribution in [2.45, 2.75) is 37.8 Å². The summed E-state index contributed by atoms with van der Waals surface area (Å²) in [6.45, 7) is 5.44. The summed E-state index contributed by atoms with van der Waals surface area (Å²) < 4.78 is 5.89. The van der Waals surface area contributed by atoms with Gasteiger partial charge in [-0.3, -0.25) is 9.69 Å². The number of aromatic nitrogens is 2. The molecule has 25 heavy (non-hydrogen) atoms. The molecule has 1 aromatic rings. The molecule has 4 rings (SSSR count). The van der Waals surface area contributed by atoms with Crippen LogP contribution in [0.4, 0.5) is 5.95 Å². The van der Waals surface area contributed by atoms with Crippen molar-refractivity contribution in [1.29, 1.82) is 0 Å². The number of carbonyl (C=O) groups excluding carboxylic acids is 1. The molecule has 3 fully saturated rings. The first-order valence-electron chi connectivity index (χ1n) is 9.46. The van der Waals surface area contributed by atoms with Crippen LogP contribution in [0.25, 0.3) is 0 Å². The van der Waals surface area contributed by atoms with Crippen LogP contribution < -0.4 is 4.90 Å². The van der Waals surface area contributed by atoms with Gasteiger partial charge < -0.3 is 14.5 Å². The zero-order valence-corrected chi connectivity index (χ0v) is 14.7. The molecule has 3 heterocycles. The molecule has 1 amide bonds. The number of rotatable bonds is 3. The van der Waals surface area contributed by atoms with Crippen molar-refractivity contribution >= 4 is 11.9 Å². The molecule has 0 unspecified atom stereocenters. The summed E-state index contributed by atoms with van der Waals surface area (Å²) in [7, 11) is 0. The Morgan fingerprint density at radius 3 is 2.64 bits per heavy atom. The third-order valence-corrected chi connectivity index (χ3v) is 5.62. The van der Waals surface area contributed by atoms with Crippen LogP contribution in [0.15, 0.2) is 18.5 Å². The highest BCUT2D eigenvalue weighted by atomic mass is 16.5. The molecule has 1 aromatic heterocycles. The first-order valence-corrected chi connectivity index (χ1v) is 9.46. The number of ether oxygens (including phenoxy) is 1. The van der Waals surface area contributed by atoms with Crippen LogP contribution in [-0.2, 0) is 9.53 Å². The minimum absolute atomic E-state index is 0.263. The van der Waals surface area contributed by atoms with Crippen LogP contribution in [0.1, 0.15) is 25.7 Å². The Kier molecular flexibility index (Phi) is 5.12. The Morgan fingerprint density at radius 2 is 1.84 bits per heavy atom. The van der Waals surface area contributed by atoms with Crippen molar-refractivity contribution in [3.63, 3.8) is 0 Å². The summed E-state index contributed by atoms with van der Waals surface area (Å²) in [6, 6.07) is 2.13. The van der Waals surface area contributed by atoms with E-state index in [0.29, 0.717) is 19.2 Å². The van der Waals surface area contributed by atoms with Crippen LogP contribution in [0.3, 0.4) is 0 Å². The highest BCUT2D eigenvalue weighted by molar-refractivity contribution is 5.79. The van der Waals surface area contributed by atoms with Crippen LogP contribution >= 0.6 is 0 Å². The van der Waals surface area contributed by atoms with Gasteiger partial charge >= 0.3 is 0 Å². The van der Waals surface area contributed by atoms with Gasteiger partial charge in [0.2, 0.25) is 11.9 Å². The number of fused-ring (bicyclic) bond motifs is 1. The molecule has 0 radical (unpaired) electrons. The van der Waals surface area contributed by atoms with Gasteiger partial charge in [0.15, 0.2) is 0 Å². The van der Waals surface area contributed by atoms with E-state index in [-0.39, 0.29) is 12.0 Å². The second-order valence-corrected chi connectivity index (χ2v) is 7.16. The van der Waals surface area contributed by atoms with Crippen molar-refractivity contribution in [1.82, 2.24) is 19.8 Å². The molecular formula is C18H27N5O2. The van der Waals surface area contributed by atoms with Gasteiger partial charge in [-0.05, 0) is 18.9 Å². The molecular weight excluding hydrogens is 318 g/mol. The number of nitrogens with zero attached hydrogens (tertiary/aromatic N) is 5. The zero-order chi connectivity index (χ0) is 17.1. The first-order chi connectivity index (χ1) is 12.3. The van der Waals surface area contributed by atoms with Crippen LogP contribution in [0.5, 0.6) is 0 Å². The highest BCUT2D eigenvalue weighted by Gasteiger charge is 2.37. The van der Waals surface area contributed by atoms with E-state index < -0.39 is 0 Å². The average molecular weight is 345 g/mol. The van der Waals surface area contributed by atoms with Gasteiger partial charge in [0, 0.05) is 45.1 Å². The van der Waals surface area contributed by atoms with Gasteiger partial charge in [-0.1, -0.05) is 12.8 Å². The minimum atomic E-state index is 0.263. The largest absolute Gasteiger partial charge is 0.374 e. The summed E-state index contributed by atoms with van der Waals surface area (Å²) in [4.78, 5) is 28.0. The molecule has 2 saturated heterocycles. The molecule has 7 heteroatoms. The van der Waals surface area contributed by atoms with E-state index in [0.717, 1.165) is 51.5 Å². The van der Waals surface area contributed by atoms with Crippen molar-refractivity contribution < 1.29 is 9.53 Å². The minimum Gasteiger partial charge on any atom is -0.374 e. The van der Waals surface area contributed by atoms with Crippen LogP contribution in [0, 0.1) is 0 Å². The lowest BCUT2D eigenvalue weighted by atomic mass is 9.90. The molecule has 0 aromatic carbocycles. The molecule has 2 aliphatic heterocycles. The quantitative estimate of drug-likeness (QED) is 0.806. The Hall–Kier alpha value is -1.73. The molecule has 0 N–H and O–H groups in total. The van der Waals surface area contributed by atoms with Gasteiger partial charge in [-0.25, -0.2) is 9.97 Å². The second kappa shape index (κ2) is 7.66. The first kappa shape index (κ1) is 16.7. The Balaban J connectivity index is 1.30. The second-order valence-electron chi connectivity index (χ2n) is 7.16. The lowest BCUT2D eigenvalue weighted by Crippen LogP contribution is -2.58. The molecule has 0 spiro atoms. The third-order valence-electron chi connectivity index (χ3n) is 5.62. The maximum absolute atomic E-state index is 12.9. The fourth-order valence-electron chi connectivity index (χ4n) is 4.25. The number of piperazine rings is 1. The molecule has 1 saturated carbocycles. The number of morpholine rings is 1. The Bertz CT molecular complexity index is 574. The lowest BCUT2D eigenvalue weighted by Gasteiger charge is -2.44. The van der Waals surface area contributed by atoms with Gasteiger partial charge in [-0.15, -0.1) is 0 Å². The maximum atomic E-state index is 12.9. The maximum Gasteiger partial charge on any atom is 0.237 e. The van der Waals surface area contributed by atoms with Crippen molar-refractivity contribution in [3.05, 3.63) is 18.5 Å². The van der Waals surface area contributed by atoms with E-state index in [9.17, 15) is 4.79 Å². The monoisotopic (exact) mass is 345 g/mol. The number of anilines is 1. The van der Waals surface area contributed by atoms with E-state index in [4.69, 9.17) is 4.74 Å². The van der Waals surface area contributed by atoms with Gasteiger partial charge in [-0.2, -0.15) is 0 Å². The van der Waals surface area contributed by atoms with Gasteiger partial charge in [0.1, 0.15) is 0 Å². The van der Waals surface area contributed by atoms with Crippen molar-refractivity contribution in [2.75, 3.05) is 50.8 Å². The van der Waals surface area contributed by atoms with Crippen LogP contribution in [0.2, 0.25) is 0 Å². The standard InChI is InChI=1S/C18H27N5O2/c24-17(23-12-13-25-16-5-2-1-4-15(16)23)14-21-8-10-22(11-9-21)18-19-6-3-7-20-18/h3,6-7,15-16H,1-2,4-5,8-14H2/t15-,16-/m0/s1. The SMILES string of the molecule is O=C(CN1CCN(c2ncccn2)CC1)N1CCO[C@H]2CCCC[C@@H]21. The normalized spacial score (nSPS) is 27.8. The molecule has 136 valence electrons. The predicted octanol–water partition coefficient (Wildman–Crippen LogP) is 0.769. The summed E-state index contributed by atoms with van der Waals surface area (Å²) in [6.07, 6.45) is 8.45. The third kappa shape index (κ3) is 3.77. The number of hydrogen-bond donors (Lipinski definition) is 0. The van der Waals surface area contributed by atoms with E-state index in [1.807, 2.05) is 6.07 Å².